The number of fused-ring (bicyclic) bond motifs is 3. The molecule has 13 atom stereocenters. The van der Waals surface area contributed by atoms with Crippen LogP contribution in [0.5, 0.6) is 0 Å². The van der Waals surface area contributed by atoms with E-state index in [1.807, 2.05) is 0 Å². The number of hydrogen-bond donors (Lipinski definition) is 1. The van der Waals surface area contributed by atoms with Gasteiger partial charge in [0.25, 0.3) is 0 Å². The van der Waals surface area contributed by atoms with E-state index in [0.717, 1.165) is 86.9 Å². The molecule has 9 aliphatic heterocycles. The van der Waals surface area contributed by atoms with Crippen molar-refractivity contribution in [3.8, 4) is 0 Å². The van der Waals surface area contributed by atoms with Crippen LogP contribution in [0.4, 0.5) is 0 Å². The second-order valence-electron chi connectivity index (χ2n) is 19.9. The van der Waals surface area contributed by atoms with E-state index in [2.05, 4.69) is 60.9 Å². The minimum atomic E-state index is -0.944. The van der Waals surface area contributed by atoms with Gasteiger partial charge in [0.15, 0.2) is 5.60 Å². The first kappa shape index (κ1) is 33.0. The molecule has 54 heavy (non-hydrogen) atoms. The van der Waals surface area contributed by atoms with Crippen LogP contribution in [-0.4, -0.2) is 60.0 Å². The van der Waals surface area contributed by atoms with Crippen molar-refractivity contribution in [2.75, 3.05) is 26.2 Å². The van der Waals surface area contributed by atoms with E-state index in [0.29, 0.717) is 54.1 Å². The highest BCUT2D eigenvalue weighted by Gasteiger charge is 2.93. The monoisotopic (exact) mass is 727 g/mol. The van der Waals surface area contributed by atoms with Gasteiger partial charge >= 0.3 is 11.9 Å². The molecule has 5 fully saturated rings. The maximum atomic E-state index is 15.6. The number of aryl methyl sites for hydroxylation is 1. The first-order valence-electron chi connectivity index (χ1n) is 21.9. The van der Waals surface area contributed by atoms with Gasteiger partial charge in [-0.05, 0) is 143 Å². The Balaban J connectivity index is 1.16. The summed E-state index contributed by atoms with van der Waals surface area (Å²) in [6, 6.07) is 7.35. The molecule has 1 aromatic carbocycles. The Kier molecular flexibility index (Phi) is 6.74. The molecule has 14 aliphatic rings. The molecule has 9 heterocycles. The summed E-state index contributed by atoms with van der Waals surface area (Å²) < 4.78 is 14.0. The first-order valence-corrected chi connectivity index (χ1v) is 21.9. The van der Waals surface area contributed by atoms with Crippen LogP contribution in [0.1, 0.15) is 113 Å². The Morgan fingerprint density at radius 2 is 1.91 bits per heavy atom. The van der Waals surface area contributed by atoms with E-state index in [9.17, 15) is 4.79 Å². The average Bonchev–Trinajstić information content (AvgIpc) is 3.61. The van der Waals surface area contributed by atoms with Crippen LogP contribution in [0.15, 0.2) is 64.1 Å². The number of piperidine rings is 2. The Bertz CT molecular complexity index is 2040. The van der Waals surface area contributed by atoms with E-state index < -0.39 is 16.4 Å². The van der Waals surface area contributed by atoms with Gasteiger partial charge in [-0.15, -0.1) is 0 Å². The Labute approximate surface area is 320 Å². The predicted octanol–water partition coefficient (Wildman–Crippen LogP) is 7.57. The minimum Gasteiger partial charge on any atom is -0.449 e. The topological polar surface area (TPSA) is 85.1 Å². The zero-order valence-electron chi connectivity index (χ0n) is 32.5. The third kappa shape index (κ3) is 3.66. The molecular weight excluding hydrogens is 671 g/mol. The molecule has 0 amide bonds. The zero-order chi connectivity index (χ0) is 36.5. The maximum Gasteiger partial charge on any atom is 0.339 e. The number of ether oxygens (including phenoxy) is 2. The number of allylic oxidation sites excluding steroid dienone is 4. The molecule has 13 unspecified atom stereocenters. The van der Waals surface area contributed by atoms with E-state index in [-0.39, 0.29) is 17.9 Å². The number of benzene rings is 1. The number of nitrogens with zero attached hydrogens (tertiary/aromatic N) is 2. The lowest BCUT2D eigenvalue weighted by Gasteiger charge is -2.72. The van der Waals surface area contributed by atoms with Gasteiger partial charge in [0.1, 0.15) is 11.2 Å². The third-order valence-corrected chi connectivity index (χ3v) is 17.6. The maximum absolute atomic E-state index is 15.6. The SMILES string of the molecule is CC1CCC2=CC3C(C)CC4=C5C3C3=C2C26C(=O)OC(=CCC(C)N7CC8CC(C7)C(CC4)N5C8)C2(CC3)C2(OC(=O)c3c(CCCN)cccc32)C6C1. The molecule has 7 nitrogen and oxygen atoms in total. The van der Waals surface area contributed by atoms with Crippen LogP contribution in [0, 0.1) is 52.3 Å². The molecule has 5 aliphatic carbocycles. The fraction of sp³-hybridized carbons (Fsp3) is 0.660. The Morgan fingerprint density at radius 1 is 1.02 bits per heavy atom. The molecule has 15 rings (SSSR count). The molecule has 3 spiro atoms. The van der Waals surface area contributed by atoms with Gasteiger partial charge in [0.2, 0.25) is 0 Å². The molecule has 0 radical (unpaired) electrons. The summed E-state index contributed by atoms with van der Waals surface area (Å²) in [5.41, 5.74) is 13.9. The summed E-state index contributed by atoms with van der Waals surface area (Å²) in [6.07, 6.45) is 17.1. The lowest BCUT2D eigenvalue weighted by atomic mass is 9.28. The van der Waals surface area contributed by atoms with Gasteiger partial charge in [-0.3, -0.25) is 9.69 Å². The van der Waals surface area contributed by atoms with Crippen LogP contribution < -0.4 is 5.73 Å². The van der Waals surface area contributed by atoms with E-state index in [1.54, 1.807) is 16.8 Å². The van der Waals surface area contributed by atoms with Crippen LogP contribution in [0.3, 0.4) is 0 Å². The molecule has 0 aromatic heterocycles. The molecule has 12 bridgehead atoms. The highest BCUT2D eigenvalue weighted by atomic mass is 16.6. The van der Waals surface area contributed by atoms with Gasteiger partial charge in [-0.1, -0.05) is 49.3 Å². The highest BCUT2D eigenvalue weighted by Crippen LogP contribution is 2.88. The molecule has 2 N–H and O–H groups in total. The normalized spacial score (nSPS) is 46.0. The standard InChI is InChI=1S/C47H57N3O4/c1-25-9-11-30-21-34-26(2)19-31-12-13-36-32-20-28-22-49(24-32)27(3)10-14-38-45-16-15-33(40(34)42(31)50(36)23-28)41(30)46(45,44(52)53-38)37(18-25)47(45)35-8-4-6-29(7-5-17-48)39(35)43(51)54-47/h4,6,8,14,21,25-28,32,34,36-37,40H,5,7,9-13,15-20,22-24,48H2,1-3H3. The zero-order valence-corrected chi connectivity index (χ0v) is 32.5. The van der Waals surface area contributed by atoms with Crippen molar-refractivity contribution < 1.29 is 19.1 Å². The van der Waals surface area contributed by atoms with E-state index >= 15 is 4.79 Å². The van der Waals surface area contributed by atoms with Crippen molar-refractivity contribution in [2.45, 2.75) is 116 Å². The Hall–Kier alpha value is -3.16. The smallest absolute Gasteiger partial charge is 0.339 e. The van der Waals surface area contributed by atoms with Crippen molar-refractivity contribution in [3.63, 3.8) is 0 Å². The van der Waals surface area contributed by atoms with Gasteiger partial charge in [-0.2, -0.15) is 0 Å². The summed E-state index contributed by atoms with van der Waals surface area (Å²) in [7, 11) is 0. The number of esters is 2. The fourth-order valence-corrected chi connectivity index (χ4v) is 15.8. The molecule has 7 heteroatoms. The van der Waals surface area contributed by atoms with Gasteiger partial charge in [0.05, 0.1) is 11.0 Å². The number of hydrogen-bond acceptors (Lipinski definition) is 7. The molecule has 2 saturated carbocycles. The Morgan fingerprint density at radius 3 is 2.78 bits per heavy atom. The summed E-state index contributed by atoms with van der Waals surface area (Å²) in [6.45, 7) is 11.3. The fourth-order valence-electron chi connectivity index (χ4n) is 15.8. The van der Waals surface area contributed by atoms with Crippen molar-refractivity contribution in [3.05, 3.63) is 80.8 Å². The molecular formula is C47H57N3O4. The number of carbonyl (C=O) groups excluding carboxylic acids is 2. The van der Waals surface area contributed by atoms with Crippen molar-refractivity contribution in [1.82, 2.24) is 9.80 Å². The van der Waals surface area contributed by atoms with Crippen LogP contribution in [0.25, 0.3) is 0 Å². The van der Waals surface area contributed by atoms with Crippen molar-refractivity contribution in [2.24, 2.45) is 58.0 Å². The van der Waals surface area contributed by atoms with Gasteiger partial charge in [0, 0.05) is 54.8 Å². The molecule has 284 valence electrons. The van der Waals surface area contributed by atoms with E-state index in [1.165, 1.54) is 43.4 Å². The number of rotatable bonds is 3. The summed E-state index contributed by atoms with van der Waals surface area (Å²) in [4.78, 5) is 35.9. The summed E-state index contributed by atoms with van der Waals surface area (Å²) in [5.74, 6) is 3.46. The third-order valence-electron chi connectivity index (χ3n) is 17.6. The quantitative estimate of drug-likeness (QED) is 0.322. The average molecular weight is 728 g/mol. The van der Waals surface area contributed by atoms with Crippen LogP contribution in [0.2, 0.25) is 0 Å². The number of nitrogens with two attached hydrogens (primary N) is 1. The number of carbonyl (C=O) groups is 2. The van der Waals surface area contributed by atoms with Crippen LogP contribution >= 0.6 is 0 Å². The summed E-state index contributed by atoms with van der Waals surface area (Å²) in [5, 5.41) is 0. The lowest BCUT2D eigenvalue weighted by molar-refractivity contribution is -0.278. The van der Waals surface area contributed by atoms with Crippen molar-refractivity contribution in [1.29, 1.82) is 0 Å². The largest absolute Gasteiger partial charge is 0.449 e. The first-order chi connectivity index (χ1) is 26.2. The second kappa shape index (κ2) is 11.0. The van der Waals surface area contributed by atoms with Crippen LogP contribution in [-0.2, 0) is 26.3 Å². The molecule has 3 saturated heterocycles. The lowest BCUT2D eigenvalue weighted by Crippen LogP contribution is -2.77. The van der Waals surface area contributed by atoms with Crippen molar-refractivity contribution >= 4 is 11.9 Å². The van der Waals surface area contributed by atoms with Gasteiger partial charge < -0.3 is 20.1 Å². The second-order valence-corrected chi connectivity index (χ2v) is 19.9. The van der Waals surface area contributed by atoms with E-state index in [4.69, 9.17) is 15.2 Å². The highest BCUT2D eigenvalue weighted by molar-refractivity contribution is 6.00. The minimum absolute atomic E-state index is 0.0693. The summed E-state index contributed by atoms with van der Waals surface area (Å²) >= 11 is 0. The predicted molar refractivity (Wildman–Crippen MR) is 206 cm³/mol. The van der Waals surface area contributed by atoms with Gasteiger partial charge in [-0.25, -0.2) is 4.79 Å². The molecule has 1 aromatic rings.